The quantitative estimate of drug-likeness (QED) is 0.436. The van der Waals surface area contributed by atoms with Crippen molar-refractivity contribution >= 4 is 29.3 Å². The van der Waals surface area contributed by atoms with Gasteiger partial charge in [-0.3, -0.25) is 0 Å². The van der Waals surface area contributed by atoms with Gasteiger partial charge in [-0.25, -0.2) is 0 Å². The Hall–Kier alpha value is 0.491. The molecule has 0 aromatic rings. The fourth-order valence-corrected chi connectivity index (χ4v) is 2.56. The first-order chi connectivity index (χ1) is 5.81. The van der Waals surface area contributed by atoms with E-state index in [0.29, 0.717) is 13.2 Å². The van der Waals surface area contributed by atoms with Gasteiger partial charge in [-0.05, 0) is 20.4 Å². The molecule has 0 bridgehead atoms. The molecule has 0 amide bonds. The van der Waals surface area contributed by atoms with E-state index in [1.807, 2.05) is 20.4 Å². The maximum absolute atomic E-state index is 5.24. The predicted octanol–water partition coefficient (Wildman–Crippen LogP) is 0.279. The molecule has 0 spiro atoms. The Morgan fingerprint density at radius 2 is 1.92 bits per heavy atom. The van der Waals surface area contributed by atoms with Gasteiger partial charge in [-0.2, -0.15) is 0 Å². The lowest BCUT2D eigenvalue weighted by atomic mass is 10.9. The Morgan fingerprint density at radius 1 is 1.17 bits per heavy atom. The van der Waals surface area contributed by atoms with Crippen molar-refractivity contribution in [3.05, 3.63) is 0 Å². The second kappa shape index (κ2) is 9.58. The van der Waals surface area contributed by atoms with E-state index in [9.17, 15) is 0 Å². The second-order valence-electron chi connectivity index (χ2n) is 1.73. The monoisotopic (exact) mass is 221 g/mol. The molecule has 5 radical (unpaired) electrons. The van der Waals surface area contributed by atoms with Crippen molar-refractivity contribution in [3.8, 4) is 0 Å². The third-order valence-corrected chi connectivity index (χ3v) is 4.07. The van der Waals surface area contributed by atoms with Crippen molar-refractivity contribution in [1.29, 1.82) is 0 Å². The summed E-state index contributed by atoms with van der Waals surface area (Å²) in [5.41, 5.74) is 0. The van der Waals surface area contributed by atoms with Crippen LogP contribution in [0.15, 0.2) is 0 Å². The normalized spacial score (nSPS) is 11.0. The summed E-state index contributed by atoms with van der Waals surface area (Å²) in [7, 11) is -0.970. The van der Waals surface area contributed by atoms with Crippen LogP contribution in [0.3, 0.4) is 0 Å². The summed E-state index contributed by atoms with van der Waals surface area (Å²) in [5, 5.41) is 0. The summed E-state index contributed by atoms with van der Waals surface area (Å²) >= 11 is 0. The lowest BCUT2D eigenvalue weighted by molar-refractivity contribution is 0.267. The lowest BCUT2D eigenvalue weighted by Crippen LogP contribution is -2.23. The topological polar surface area (TPSA) is 36.9 Å². The Bertz CT molecular complexity index is 94.8. The minimum absolute atomic E-state index is 0.0399. The fraction of sp³-hybridized carbons (Fsp3) is 1.00. The van der Waals surface area contributed by atoms with Crippen LogP contribution in [0.25, 0.3) is 0 Å². The van der Waals surface area contributed by atoms with Gasteiger partial charge in [0.15, 0.2) is 0 Å². The average molecular weight is 221 g/mol. The van der Waals surface area contributed by atoms with E-state index in [2.05, 4.69) is 0 Å². The van der Waals surface area contributed by atoms with Crippen molar-refractivity contribution in [2.75, 3.05) is 13.2 Å². The first kappa shape index (κ1) is 12.5. The highest BCUT2D eigenvalue weighted by Crippen LogP contribution is 1.86. The largest absolute Gasteiger partial charge is 0.423 e. The van der Waals surface area contributed by atoms with E-state index in [0.717, 1.165) is 0 Å². The number of hydrogen-bond acceptors (Lipinski definition) is 4. The van der Waals surface area contributed by atoms with Crippen LogP contribution in [-0.2, 0) is 17.1 Å². The van der Waals surface area contributed by atoms with Gasteiger partial charge in [-0.15, -0.1) is 0 Å². The Kier molecular flexibility index (Phi) is 9.97. The van der Waals surface area contributed by atoms with E-state index < -0.39 is 9.28 Å². The van der Waals surface area contributed by atoms with Gasteiger partial charge in [0.25, 0.3) is 0 Å². The maximum Gasteiger partial charge on any atom is 0.423 e. The van der Waals surface area contributed by atoms with Crippen LogP contribution in [0.4, 0.5) is 0 Å². The summed E-state index contributed by atoms with van der Waals surface area (Å²) in [6, 6.07) is 0. The fourth-order valence-electron chi connectivity index (χ4n) is 0.418. The van der Waals surface area contributed by atoms with E-state index in [4.69, 9.17) is 17.1 Å². The van der Waals surface area contributed by atoms with Crippen LogP contribution in [-0.4, -0.2) is 42.5 Å². The van der Waals surface area contributed by atoms with Crippen LogP contribution in [0.5, 0.6) is 0 Å². The molecular weight excluding hydrogens is 208 g/mol. The van der Waals surface area contributed by atoms with E-state index in [1.54, 1.807) is 0 Å². The molecular formula is C5H13O4Si3. The first-order valence-corrected chi connectivity index (χ1v) is 7.17. The van der Waals surface area contributed by atoms with E-state index in [-0.39, 0.29) is 20.0 Å². The van der Waals surface area contributed by atoms with Gasteiger partial charge < -0.3 is 17.1 Å². The SMILES string of the molecule is CCO[Si]O[Si]O[Si](C)OCC. The number of rotatable bonds is 8. The molecule has 0 aromatic carbocycles. The van der Waals surface area contributed by atoms with Crippen molar-refractivity contribution in [1.82, 2.24) is 0 Å². The highest BCUT2D eigenvalue weighted by molar-refractivity contribution is 6.51. The lowest BCUT2D eigenvalue weighted by Gasteiger charge is -2.07. The molecule has 0 saturated heterocycles. The highest BCUT2D eigenvalue weighted by atomic mass is 28.4. The maximum atomic E-state index is 5.24. The molecule has 0 rings (SSSR count). The van der Waals surface area contributed by atoms with Crippen molar-refractivity contribution in [2.45, 2.75) is 20.4 Å². The molecule has 69 valence electrons. The predicted molar refractivity (Wildman–Crippen MR) is 48.5 cm³/mol. The van der Waals surface area contributed by atoms with Crippen molar-refractivity contribution in [2.24, 2.45) is 0 Å². The molecule has 0 aliphatic carbocycles. The van der Waals surface area contributed by atoms with Crippen molar-refractivity contribution < 1.29 is 17.1 Å². The summed E-state index contributed by atoms with van der Waals surface area (Å²) in [6.45, 7) is 7.19. The summed E-state index contributed by atoms with van der Waals surface area (Å²) < 4.78 is 20.5. The molecule has 0 saturated carbocycles. The zero-order valence-electron chi connectivity index (χ0n) is 7.55. The zero-order chi connectivity index (χ0) is 9.23. The Labute approximate surface area is 80.5 Å². The Morgan fingerprint density at radius 3 is 2.50 bits per heavy atom. The average Bonchev–Trinajstić information content (AvgIpc) is 2.05. The van der Waals surface area contributed by atoms with Gasteiger partial charge in [-0.1, -0.05) is 0 Å². The van der Waals surface area contributed by atoms with E-state index >= 15 is 0 Å². The molecule has 0 heterocycles. The minimum Gasteiger partial charge on any atom is -0.413 e. The molecule has 0 atom stereocenters. The molecule has 12 heavy (non-hydrogen) atoms. The summed E-state index contributed by atoms with van der Waals surface area (Å²) in [5.74, 6) is 0. The number of hydrogen-bond donors (Lipinski definition) is 0. The molecule has 0 unspecified atom stereocenters. The Balaban J connectivity index is 2.97. The third kappa shape index (κ3) is 8.59. The van der Waals surface area contributed by atoms with Crippen LogP contribution < -0.4 is 0 Å². The standard InChI is InChI=1S/C5H13O4Si3/c1-4-6-10-8-11-9-12(3)7-5-2/h4-5H2,1-3H3. The minimum atomic E-state index is -1.09. The molecule has 0 N–H and O–H groups in total. The van der Waals surface area contributed by atoms with Crippen molar-refractivity contribution in [3.63, 3.8) is 0 Å². The molecule has 7 heteroatoms. The molecule has 0 aliphatic rings. The molecule has 4 nitrogen and oxygen atoms in total. The van der Waals surface area contributed by atoms with Gasteiger partial charge >= 0.3 is 29.3 Å². The van der Waals surface area contributed by atoms with Gasteiger partial charge in [0.05, 0.1) is 0 Å². The van der Waals surface area contributed by atoms with Crippen LogP contribution in [0.1, 0.15) is 13.8 Å². The molecule has 0 aliphatic heterocycles. The highest BCUT2D eigenvalue weighted by Gasteiger charge is 2.07. The molecule has 0 fully saturated rings. The second-order valence-corrected chi connectivity index (χ2v) is 5.26. The van der Waals surface area contributed by atoms with Crippen LogP contribution in [0, 0.1) is 0 Å². The summed E-state index contributed by atoms with van der Waals surface area (Å²) in [6.07, 6.45) is 0. The van der Waals surface area contributed by atoms with E-state index in [1.165, 1.54) is 0 Å². The summed E-state index contributed by atoms with van der Waals surface area (Å²) in [4.78, 5) is 0. The van der Waals surface area contributed by atoms with Gasteiger partial charge in [0, 0.05) is 13.2 Å². The van der Waals surface area contributed by atoms with Gasteiger partial charge in [0.2, 0.25) is 0 Å². The third-order valence-electron chi connectivity index (χ3n) is 0.820. The van der Waals surface area contributed by atoms with Gasteiger partial charge in [0.1, 0.15) is 0 Å². The first-order valence-electron chi connectivity index (χ1n) is 3.72. The van der Waals surface area contributed by atoms with Crippen LogP contribution >= 0.6 is 0 Å². The molecule has 0 aromatic heterocycles. The van der Waals surface area contributed by atoms with Crippen LogP contribution in [0.2, 0.25) is 6.55 Å². The smallest absolute Gasteiger partial charge is 0.413 e. The zero-order valence-corrected chi connectivity index (χ0v) is 10.5.